The Morgan fingerprint density at radius 2 is 1.94 bits per heavy atom. The number of nitrogens with two attached hydrogens (primary N) is 1. The maximum absolute atomic E-state index is 13.1. The topological polar surface area (TPSA) is 56.2 Å². The molecule has 0 saturated heterocycles. The summed E-state index contributed by atoms with van der Waals surface area (Å²) in [5.74, 6) is 0.341. The van der Waals surface area contributed by atoms with Gasteiger partial charge in [-0.15, -0.1) is 0 Å². The lowest BCUT2D eigenvalue weighted by atomic mass is 10.0. The highest BCUT2D eigenvalue weighted by atomic mass is 19.1. The Morgan fingerprint density at radius 1 is 1.24 bits per heavy atom. The highest BCUT2D eigenvalue weighted by Gasteiger charge is 2.18. The molecule has 0 fully saturated rings. The number of ketones is 1. The van der Waals surface area contributed by atoms with Crippen LogP contribution in [0.4, 0.5) is 10.1 Å². The summed E-state index contributed by atoms with van der Waals surface area (Å²) >= 11 is 0. The van der Waals surface area contributed by atoms with Crippen LogP contribution in [0.1, 0.15) is 27.4 Å². The molecule has 0 aliphatic rings. The zero-order valence-corrected chi connectivity index (χ0v) is 9.58. The molecule has 1 aromatic carbocycles. The Labute approximate surface area is 98.0 Å². The van der Waals surface area contributed by atoms with Crippen LogP contribution >= 0.6 is 0 Å². The predicted molar refractivity (Wildman–Crippen MR) is 62.4 cm³/mol. The van der Waals surface area contributed by atoms with E-state index >= 15 is 0 Å². The van der Waals surface area contributed by atoms with Gasteiger partial charge in [0.05, 0.1) is 5.56 Å². The average Bonchev–Trinajstić information content (AvgIpc) is 2.60. The molecule has 2 N–H and O–H groups in total. The van der Waals surface area contributed by atoms with Crippen molar-refractivity contribution in [1.82, 2.24) is 0 Å². The molecule has 0 unspecified atom stereocenters. The Kier molecular flexibility index (Phi) is 2.71. The molecule has 4 heteroatoms. The third-order valence-electron chi connectivity index (χ3n) is 2.55. The molecule has 1 heterocycles. The van der Waals surface area contributed by atoms with Gasteiger partial charge in [0.1, 0.15) is 17.3 Å². The second kappa shape index (κ2) is 4.05. The van der Waals surface area contributed by atoms with Crippen LogP contribution in [-0.2, 0) is 0 Å². The van der Waals surface area contributed by atoms with E-state index in [-0.39, 0.29) is 17.0 Å². The molecule has 1 aromatic heterocycles. The van der Waals surface area contributed by atoms with Crippen molar-refractivity contribution in [1.29, 1.82) is 0 Å². The van der Waals surface area contributed by atoms with Crippen LogP contribution < -0.4 is 5.73 Å². The fraction of sp³-hybridized carbons (Fsp3) is 0.154. The summed E-state index contributed by atoms with van der Waals surface area (Å²) in [4.78, 5) is 12.1. The van der Waals surface area contributed by atoms with Crippen molar-refractivity contribution in [3.8, 4) is 0 Å². The van der Waals surface area contributed by atoms with Crippen LogP contribution in [-0.4, -0.2) is 5.78 Å². The quantitative estimate of drug-likeness (QED) is 0.641. The Hall–Kier alpha value is -2.10. The van der Waals surface area contributed by atoms with E-state index in [0.29, 0.717) is 17.1 Å². The molecule has 0 saturated carbocycles. The fourth-order valence-corrected chi connectivity index (χ4v) is 1.73. The smallest absolute Gasteiger partial charge is 0.198 e. The number of hydrogen-bond acceptors (Lipinski definition) is 3. The van der Waals surface area contributed by atoms with Crippen molar-refractivity contribution < 1.29 is 13.6 Å². The lowest BCUT2D eigenvalue weighted by Crippen LogP contribution is -2.06. The number of carbonyl (C=O) groups excluding carboxylic acids is 1. The lowest BCUT2D eigenvalue weighted by Gasteiger charge is -2.03. The summed E-state index contributed by atoms with van der Waals surface area (Å²) in [5.41, 5.74) is 6.50. The van der Waals surface area contributed by atoms with Crippen molar-refractivity contribution >= 4 is 11.5 Å². The predicted octanol–water partition coefficient (Wildman–Crippen LogP) is 2.85. The van der Waals surface area contributed by atoms with E-state index < -0.39 is 5.82 Å². The minimum Gasteiger partial charge on any atom is -0.466 e. The summed E-state index contributed by atoms with van der Waals surface area (Å²) in [6.45, 7) is 3.44. The molecule has 0 bridgehead atoms. The number of rotatable bonds is 2. The molecule has 0 amide bonds. The van der Waals surface area contributed by atoms with E-state index in [9.17, 15) is 9.18 Å². The number of aryl methyl sites for hydroxylation is 2. The minimum atomic E-state index is -0.486. The van der Waals surface area contributed by atoms with Gasteiger partial charge in [0, 0.05) is 11.3 Å². The minimum absolute atomic E-state index is 0.161. The maximum Gasteiger partial charge on any atom is 0.198 e. The number of furan rings is 1. The van der Waals surface area contributed by atoms with E-state index in [4.69, 9.17) is 10.2 Å². The number of nitrogen functional groups attached to an aromatic ring is 1. The number of benzene rings is 1. The molecule has 0 atom stereocenters. The van der Waals surface area contributed by atoms with E-state index in [1.165, 1.54) is 12.1 Å². The first kappa shape index (κ1) is 11.4. The van der Waals surface area contributed by atoms with E-state index in [2.05, 4.69) is 0 Å². The second-order valence-corrected chi connectivity index (χ2v) is 3.89. The Bertz CT molecular complexity index is 587. The third-order valence-corrected chi connectivity index (χ3v) is 2.55. The number of carbonyl (C=O) groups is 1. The average molecular weight is 233 g/mol. The monoisotopic (exact) mass is 233 g/mol. The standard InChI is InChI=1S/C13H12FNO2/c1-7-5-10(8(2)17-7)13(16)11-6-9(14)3-4-12(11)15/h3-6H,15H2,1-2H3. The van der Waals surface area contributed by atoms with Crippen molar-refractivity contribution in [2.45, 2.75) is 13.8 Å². The van der Waals surface area contributed by atoms with Crippen LogP contribution in [0.2, 0.25) is 0 Å². The van der Waals surface area contributed by atoms with Crippen LogP contribution in [0.3, 0.4) is 0 Å². The first-order chi connectivity index (χ1) is 7.99. The molecule has 88 valence electrons. The number of hydrogen-bond donors (Lipinski definition) is 1. The SMILES string of the molecule is Cc1cc(C(=O)c2cc(F)ccc2N)c(C)o1. The van der Waals surface area contributed by atoms with Crippen molar-refractivity contribution in [3.63, 3.8) is 0 Å². The zero-order chi connectivity index (χ0) is 12.6. The van der Waals surface area contributed by atoms with Crippen LogP contribution in [0.15, 0.2) is 28.7 Å². The van der Waals surface area contributed by atoms with Gasteiger partial charge in [0.2, 0.25) is 0 Å². The van der Waals surface area contributed by atoms with E-state index in [1.807, 2.05) is 0 Å². The van der Waals surface area contributed by atoms with Crippen molar-refractivity contribution in [2.75, 3.05) is 5.73 Å². The second-order valence-electron chi connectivity index (χ2n) is 3.89. The van der Waals surface area contributed by atoms with Gasteiger partial charge in [-0.3, -0.25) is 4.79 Å². The van der Waals surface area contributed by atoms with Gasteiger partial charge in [-0.25, -0.2) is 4.39 Å². The van der Waals surface area contributed by atoms with Crippen molar-refractivity contribution in [3.05, 3.63) is 52.7 Å². The van der Waals surface area contributed by atoms with Crippen LogP contribution in [0.5, 0.6) is 0 Å². The molecule has 0 aliphatic heterocycles. The third kappa shape index (κ3) is 2.06. The first-order valence-electron chi connectivity index (χ1n) is 5.16. The highest BCUT2D eigenvalue weighted by molar-refractivity contribution is 6.12. The molecule has 3 nitrogen and oxygen atoms in total. The molecule has 0 aliphatic carbocycles. The lowest BCUT2D eigenvalue weighted by molar-refractivity contribution is 0.103. The number of anilines is 1. The van der Waals surface area contributed by atoms with Gasteiger partial charge < -0.3 is 10.2 Å². The van der Waals surface area contributed by atoms with Gasteiger partial charge >= 0.3 is 0 Å². The van der Waals surface area contributed by atoms with Gasteiger partial charge in [-0.2, -0.15) is 0 Å². The molecular formula is C13H12FNO2. The van der Waals surface area contributed by atoms with Crippen molar-refractivity contribution in [2.24, 2.45) is 0 Å². The summed E-state index contributed by atoms with van der Waals surface area (Å²) in [5, 5.41) is 0. The van der Waals surface area contributed by atoms with Gasteiger partial charge in [0.15, 0.2) is 5.78 Å². The summed E-state index contributed by atoms with van der Waals surface area (Å²) < 4.78 is 18.4. The summed E-state index contributed by atoms with van der Waals surface area (Å²) in [6, 6.07) is 5.37. The largest absolute Gasteiger partial charge is 0.466 e. The molecule has 0 spiro atoms. The summed E-state index contributed by atoms with van der Waals surface area (Å²) in [6.07, 6.45) is 0. The highest BCUT2D eigenvalue weighted by Crippen LogP contribution is 2.22. The van der Waals surface area contributed by atoms with Crippen LogP contribution in [0.25, 0.3) is 0 Å². The normalized spacial score (nSPS) is 10.5. The van der Waals surface area contributed by atoms with Gasteiger partial charge in [-0.1, -0.05) is 0 Å². The molecule has 2 aromatic rings. The molecule has 0 radical (unpaired) electrons. The molecule has 2 rings (SSSR count). The van der Waals surface area contributed by atoms with Crippen LogP contribution in [0, 0.1) is 19.7 Å². The first-order valence-corrected chi connectivity index (χ1v) is 5.16. The Morgan fingerprint density at radius 3 is 2.53 bits per heavy atom. The van der Waals surface area contributed by atoms with E-state index in [0.717, 1.165) is 6.07 Å². The van der Waals surface area contributed by atoms with Gasteiger partial charge in [-0.05, 0) is 38.1 Å². The summed E-state index contributed by atoms with van der Waals surface area (Å²) in [7, 11) is 0. The molecular weight excluding hydrogens is 221 g/mol. The molecule has 17 heavy (non-hydrogen) atoms. The number of halogens is 1. The van der Waals surface area contributed by atoms with E-state index in [1.54, 1.807) is 19.9 Å². The maximum atomic E-state index is 13.1. The Balaban J connectivity index is 2.50. The fourth-order valence-electron chi connectivity index (χ4n) is 1.73. The zero-order valence-electron chi connectivity index (χ0n) is 9.58. The van der Waals surface area contributed by atoms with Gasteiger partial charge in [0.25, 0.3) is 0 Å².